The third-order valence-corrected chi connectivity index (χ3v) is 6.09. The molecule has 30 heavy (non-hydrogen) atoms. The third-order valence-electron chi connectivity index (χ3n) is 6.09. The molecular formula is C20H26N10. The molecule has 2 fully saturated rings. The average molecular weight is 406 g/mol. The Morgan fingerprint density at radius 1 is 1.20 bits per heavy atom. The molecule has 2 aliphatic heterocycles. The molecule has 3 aromatic heterocycles. The summed E-state index contributed by atoms with van der Waals surface area (Å²) in [4.78, 5) is 11.9. The molecule has 5 rings (SSSR count). The summed E-state index contributed by atoms with van der Waals surface area (Å²) >= 11 is 0. The van der Waals surface area contributed by atoms with Gasteiger partial charge in [0.1, 0.15) is 5.82 Å². The quantitative estimate of drug-likeness (QED) is 0.571. The van der Waals surface area contributed by atoms with Gasteiger partial charge in [-0.15, -0.1) is 0 Å². The van der Waals surface area contributed by atoms with Gasteiger partial charge in [0, 0.05) is 42.9 Å². The molecule has 0 aromatic carbocycles. The molecule has 10 nitrogen and oxygen atoms in total. The van der Waals surface area contributed by atoms with E-state index in [4.69, 9.17) is 10.2 Å². The molecule has 3 aromatic rings. The maximum absolute atomic E-state index is 8.95. The number of hydrogen-bond donors (Lipinski definition) is 3. The van der Waals surface area contributed by atoms with E-state index >= 15 is 0 Å². The van der Waals surface area contributed by atoms with Crippen LogP contribution in [-0.4, -0.2) is 59.3 Å². The topological polar surface area (TPSA) is 123 Å². The van der Waals surface area contributed by atoms with Crippen molar-refractivity contribution < 1.29 is 0 Å². The van der Waals surface area contributed by atoms with E-state index in [1.54, 1.807) is 4.52 Å². The smallest absolute Gasteiger partial charge is 0.198 e. The average Bonchev–Trinajstić information content (AvgIpc) is 3.35. The lowest BCUT2D eigenvalue weighted by Gasteiger charge is -2.39. The highest BCUT2D eigenvalue weighted by Gasteiger charge is 2.40. The van der Waals surface area contributed by atoms with Crippen molar-refractivity contribution in [2.75, 3.05) is 17.2 Å². The normalized spacial score (nSPS) is 23.6. The number of fused-ring (bicyclic) bond motifs is 3. The van der Waals surface area contributed by atoms with Crippen LogP contribution < -0.4 is 10.6 Å². The molecule has 2 saturated heterocycles. The Kier molecular flexibility index (Phi) is 4.75. The Morgan fingerprint density at radius 3 is 2.70 bits per heavy atom. The summed E-state index contributed by atoms with van der Waals surface area (Å²) in [6, 6.07) is 5.63. The summed E-state index contributed by atoms with van der Waals surface area (Å²) in [6.45, 7) is 4.72. The lowest BCUT2D eigenvalue weighted by Crippen LogP contribution is -2.47. The molecule has 10 heteroatoms. The molecule has 2 aliphatic rings. The van der Waals surface area contributed by atoms with E-state index in [-0.39, 0.29) is 0 Å². The highest BCUT2D eigenvalue weighted by molar-refractivity contribution is 5.67. The van der Waals surface area contributed by atoms with Gasteiger partial charge in [-0.05, 0) is 39.5 Å². The van der Waals surface area contributed by atoms with Crippen molar-refractivity contribution in [3.8, 4) is 6.07 Å². The SMILES string of the molecule is Cc1nc2c(NC3C[C@H]4CC[C@@H](C3)N4CCC#N)nc(Nc3cc(C)[nH]n3)cn2n1. The first-order valence-electron chi connectivity index (χ1n) is 10.5. The van der Waals surface area contributed by atoms with Crippen LogP contribution in [0.1, 0.15) is 43.6 Å². The Morgan fingerprint density at radius 2 is 2.00 bits per heavy atom. The van der Waals surface area contributed by atoms with Crippen LogP contribution in [0.4, 0.5) is 17.5 Å². The predicted octanol–water partition coefficient (Wildman–Crippen LogP) is 2.53. The van der Waals surface area contributed by atoms with Gasteiger partial charge in [-0.2, -0.15) is 15.5 Å². The van der Waals surface area contributed by atoms with Gasteiger partial charge < -0.3 is 10.6 Å². The van der Waals surface area contributed by atoms with Gasteiger partial charge in [-0.1, -0.05) is 0 Å². The zero-order chi connectivity index (χ0) is 20.7. The van der Waals surface area contributed by atoms with Gasteiger partial charge in [0.2, 0.25) is 0 Å². The highest BCUT2D eigenvalue weighted by atomic mass is 15.3. The molecule has 2 bridgehead atoms. The minimum atomic E-state index is 0.331. The molecule has 0 amide bonds. The first-order valence-corrected chi connectivity index (χ1v) is 10.5. The van der Waals surface area contributed by atoms with Crippen molar-refractivity contribution in [1.29, 1.82) is 5.26 Å². The van der Waals surface area contributed by atoms with Crippen molar-refractivity contribution in [2.24, 2.45) is 0 Å². The van der Waals surface area contributed by atoms with Crippen LogP contribution in [0, 0.1) is 25.2 Å². The predicted molar refractivity (Wildman–Crippen MR) is 113 cm³/mol. The van der Waals surface area contributed by atoms with Crippen molar-refractivity contribution in [3.05, 3.63) is 23.8 Å². The van der Waals surface area contributed by atoms with Crippen molar-refractivity contribution in [1.82, 2.24) is 34.7 Å². The second-order valence-corrected chi connectivity index (χ2v) is 8.31. The molecule has 5 heterocycles. The number of aryl methyl sites for hydroxylation is 2. The maximum atomic E-state index is 8.95. The highest BCUT2D eigenvalue weighted by Crippen LogP contribution is 2.37. The summed E-state index contributed by atoms with van der Waals surface area (Å²) in [7, 11) is 0. The molecule has 0 saturated carbocycles. The number of nitrogens with one attached hydrogen (secondary N) is 3. The van der Waals surface area contributed by atoms with E-state index in [0.717, 1.165) is 36.5 Å². The lowest BCUT2D eigenvalue weighted by atomic mass is 9.97. The van der Waals surface area contributed by atoms with Crippen molar-refractivity contribution in [3.63, 3.8) is 0 Å². The zero-order valence-electron chi connectivity index (χ0n) is 17.3. The molecule has 0 radical (unpaired) electrons. The van der Waals surface area contributed by atoms with Crippen LogP contribution >= 0.6 is 0 Å². The fourth-order valence-corrected chi connectivity index (χ4v) is 4.90. The number of anilines is 3. The molecular weight excluding hydrogens is 380 g/mol. The number of nitrogens with zero attached hydrogens (tertiary/aromatic N) is 7. The number of H-pyrrole nitrogens is 1. The second-order valence-electron chi connectivity index (χ2n) is 8.31. The largest absolute Gasteiger partial charge is 0.364 e. The zero-order valence-corrected chi connectivity index (χ0v) is 17.3. The van der Waals surface area contributed by atoms with Gasteiger partial charge in [-0.25, -0.2) is 14.5 Å². The summed E-state index contributed by atoms with van der Waals surface area (Å²) in [5.74, 6) is 2.82. The number of rotatable bonds is 6. The van der Waals surface area contributed by atoms with E-state index in [1.165, 1.54) is 12.8 Å². The molecule has 0 aliphatic carbocycles. The fraction of sp³-hybridized carbons (Fsp3) is 0.550. The first-order chi connectivity index (χ1) is 14.6. The van der Waals surface area contributed by atoms with Crippen LogP contribution in [0.5, 0.6) is 0 Å². The molecule has 156 valence electrons. The number of piperidine rings is 1. The van der Waals surface area contributed by atoms with Crippen molar-refractivity contribution in [2.45, 2.75) is 64.1 Å². The van der Waals surface area contributed by atoms with E-state index in [2.05, 4.69) is 41.9 Å². The van der Waals surface area contributed by atoms with Crippen LogP contribution in [0.25, 0.3) is 5.65 Å². The number of hydrogen-bond acceptors (Lipinski definition) is 8. The Balaban J connectivity index is 1.38. The minimum absolute atomic E-state index is 0.331. The van der Waals surface area contributed by atoms with E-state index in [1.807, 2.05) is 26.1 Å². The molecule has 1 unspecified atom stereocenters. The summed E-state index contributed by atoms with van der Waals surface area (Å²) in [6.07, 6.45) is 6.96. The van der Waals surface area contributed by atoms with E-state index in [0.29, 0.717) is 42.0 Å². The van der Waals surface area contributed by atoms with Gasteiger partial charge in [0.05, 0.1) is 12.3 Å². The summed E-state index contributed by atoms with van der Waals surface area (Å²) < 4.78 is 1.77. The summed E-state index contributed by atoms with van der Waals surface area (Å²) in [5, 5.41) is 27.5. The second kappa shape index (κ2) is 7.57. The van der Waals surface area contributed by atoms with Crippen molar-refractivity contribution >= 4 is 23.1 Å². The maximum Gasteiger partial charge on any atom is 0.198 e. The number of aromatic nitrogens is 6. The van der Waals surface area contributed by atoms with Crippen LogP contribution in [0.2, 0.25) is 0 Å². The van der Waals surface area contributed by atoms with Gasteiger partial charge >= 0.3 is 0 Å². The Bertz CT molecular complexity index is 1080. The minimum Gasteiger partial charge on any atom is -0.364 e. The van der Waals surface area contributed by atoms with Crippen LogP contribution in [0.3, 0.4) is 0 Å². The van der Waals surface area contributed by atoms with Crippen LogP contribution in [-0.2, 0) is 0 Å². The Hall–Kier alpha value is -3.19. The monoisotopic (exact) mass is 406 g/mol. The Labute approximate surface area is 174 Å². The van der Waals surface area contributed by atoms with Gasteiger partial charge in [-0.3, -0.25) is 10.00 Å². The fourth-order valence-electron chi connectivity index (χ4n) is 4.90. The molecule has 3 N–H and O–H groups in total. The van der Waals surface area contributed by atoms with E-state index < -0.39 is 0 Å². The van der Waals surface area contributed by atoms with Gasteiger partial charge in [0.25, 0.3) is 0 Å². The molecule has 3 atom stereocenters. The summed E-state index contributed by atoms with van der Waals surface area (Å²) in [5.41, 5.74) is 1.71. The van der Waals surface area contributed by atoms with E-state index in [9.17, 15) is 0 Å². The van der Waals surface area contributed by atoms with Crippen LogP contribution in [0.15, 0.2) is 12.3 Å². The third kappa shape index (κ3) is 3.57. The number of aromatic amines is 1. The lowest BCUT2D eigenvalue weighted by molar-refractivity contribution is 0.136. The molecule has 0 spiro atoms. The first kappa shape index (κ1) is 18.8. The number of nitriles is 1. The standard InChI is InChI=1S/C20H26N10/c1-12-8-17(27-26-12)24-18-11-30-20(22-13(2)28-30)19(25-18)23-14-9-15-4-5-16(10-14)29(15)7-3-6-21/h8,11,14-16H,3-5,7,9-10H2,1-2H3,(H,23,25)(H2,24,26,27)/t14?,15-,16+. The van der Waals surface area contributed by atoms with Gasteiger partial charge in [0.15, 0.2) is 23.1 Å².